The van der Waals surface area contributed by atoms with E-state index in [0.29, 0.717) is 25.4 Å². The second-order valence-corrected chi connectivity index (χ2v) is 7.45. The summed E-state index contributed by atoms with van der Waals surface area (Å²) in [4.78, 5) is 25.8. The van der Waals surface area contributed by atoms with Crippen molar-refractivity contribution < 1.29 is 14.3 Å². The molecule has 2 N–H and O–H groups in total. The number of halogens is 1. The fourth-order valence-corrected chi connectivity index (χ4v) is 3.76. The summed E-state index contributed by atoms with van der Waals surface area (Å²) in [5.74, 6) is 1.82. The molecule has 2 amide bonds. The summed E-state index contributed by atoms with van der Waals surface area (Å²) in [6.07, 6.45) is 4.74. The lowest BCUT2D eigenvalue weighted by Crippen LogP contribution is -2.40. The van der Waals surface area contributed by atoms with Crippen LogP contribution in [0.3, 0.4) is 0 Å². The van der Waals surface area contributed by atoms with Gasteiger partial charge in [0.2, 0.25) is 11.8 Å². The minimum absolute atomic E-state index is 0. The van der Waals surface area contributed by atoms with Crippen molar-refractivity contribution in [1.29, 1.82) is 0 Å². The van der Waals surface area contributed by atoms with E-state index in [4.69, 9.17) is 4.74 Å². The topological polar surface area (TPSA) is 70.7 Å². The number of nitrogens with zero attached hydrogens (tertiary/aromatic N) is 1. The van der Waals surface area contributed by atoms with Crippen LogP contribution in [0.25, 0.3) is 0 Å². The van der Waals surface area contributed by atoms with Crippen LogP contribution < -0.4 is 15.4 Å². The van der Waals surface area contributed by atoms with Gasteiger partial charge in [-0.25, -0.2) is 0 Å². The molecule has 28 heavy (non-hydrogen) atoms. The summed E-state index contributed by atoms with van der Waals surface area (Å²) in [7, 11) is 0. The normalized spacial score (nSPS) is 16.8. The quantitative estimate of drug-likeness (QED) is 0.647. The number of fused-ring (bicyclic) bond motifs is 1. The summed E-state index contributed by atoms with van der Waals surface area (Å²) in [6.45, 7) is 6.50. The van der Waals surface area contributed by atoms with Crippen molar-refractivity contribution in [1.82, 2.24) is 10.2 Å². The SMILES string of the molecule is CCNCC1CCN(C(=O)CCCOc2ccc3c(c2)CCC(=O)N3)CC1.Cl. The van der Waals surface area contributed by atoms with Gasteiger partial charge in [0.05, 0.1) is 6.61 Å². The Morgan fingerprint density at radius 3 is 2.82 bits per heavy atom. The van der Waals surface area contributed by atoms with Crippen molar-refractivity contribution in [2.24, 2.45) is 5.92 Å². The first-order chi connectivity index (χ1) is 13.2. The Hall–Kier alpha value is -1.79. The number of piperidine rings is 1. The van der Waals surface area contributed by atoms with E-state index in [1.807, 2.05) is 23.1 Å². The van der Waals surface area contributed by atoms with Gasteiger partial charge in [-0.05, 0) is 68.5 Å². The fourth-order valence-electron chi connectivity index (χ4n) is 3.76. The zero-order chi connectivity index (χ0) is 19.1. The minimum Gasteiger partial charge on any atom is -0.494 e. The second-order valence-electron chi connectivity index (χ2n) is 7.45. The van der Waals surface area contributed by atoms with Crippen LogP contribution in [0.4, 0.5) is 5.69 Å². The second kappa shape index (κ2) is 11.3. The van der Waals surface area contributed by atoms with E-state index in [-0.39, 0.29) is 24.2 Å². The maximum atomic E-state index is 12.4. The third-order valence-corrected chi connectivity index (χ3v) is 5.43. The molecule has 1 saturated heterocycles. The van der Waals surface area contributed by atoms with E-state index in [1.165, 1.54) is 0 Å². The molecular formula is C21H32ClN3O3. The molecule has 0 aliphatic carbocycles. The van der Waals surface area contributed by atoms with Gasteiger partial charge in [0.1, 0.15) is 5.75 Å². The lowest BCUT2D eigenvalue weighted by atomic mass is 9.96. The van der Waals surface area contributed by atoms with Gasteiger partial charge in [0, 0.05) is 31.6 Å². The summed E-state index contributed by atoms with van der Waals surface area (Å²) < 4.78 is 5.81. The number of likely N-dealkylation sites (tertiary alicyclic amines) is 1. The van der Waals surface area contributed by atoms with Crippen molar-refractivity contribution >= 4 is 29.9 Å². The molecule has 1 aromatic carbocycles. The number of aryl methyl sites for hydroxylation is 1. The van der Waals surface area contributed by atoms with E-state index < -0.39 is 0 Å². The maximum Gasteiger partial charge on any atom is 0.224 e. The van der Waals surface area contributed by atoms with Crippen LogP contribution in [-0.4, -0.2) is 49.5 Å². The zero-order valence-electron chi connectivity index (χ0n) is 16.7. The molecule has 0 bridgehead atoms. The number of nitrogens with one attached hydrogen (secondary N) is 2. The molecule has 156 valence electrons. The fraction of sp³-hybridized carbons (Fsp3) is 0.619. The number of carbonyl (C=O) groups excluding carboxylic acids is 2. The van der Waals surface area contributed by atoms with Gasteiger partial charge in [0.25, 0.3) is 0 Å². The van der Waals surface area contributed by atoms with E-state index in [1.54, 1.807) is 0 Å². The first-order valence-corrected chi connectivity index (χ1v) is 10.2. The molecule has 2 aliphatic heterocycles. The lowest BCUT2D eigenvalue weighted by Gasteiger charge is -2.32. The first-order valence-electron chi connectivity index (χ1n) is 10.2. The molecule has 1 aromatic rings. The summed E-state index contributed by atoms with van der Waals surface area (Å²) in [5.41, 5.74) is 2.00. The van der Waals surface area contributed by atoms with Gasteiger partial charge in [-0.1, -0.05) is 6.92 Å². The van der Waals surface area contributed by atoms with Crippen LogP contribution in [0.1, 0.15) is 44.6 Å². The highest BCUT2D eigenvalue weighted by molar-refractivity contribution is 5.94. The average molecular weight is 410 g/mol. The van der Waals surface area contributed by atoms with Gasteiger partial charge < -0.3 is 20.3 Å². The van der Waals surface area contributed by atoms with Gasteiger partial charge in [0.15, 0.2) is 0 Å². The first kappa shape index (κ1) is 22.5. The predicted octanol–water partition coefficient (Wildman–Crippen LogP) is 3.00. The van der Waals surface area contributed by atoms with Gasteiger partial charge >= 0.3 is 0 Å². The van der Waals surface area contributed by atoms with Crippen LogP contribution in [0, 0.1) is 5.92 Å². The Bertz CT molecular complexity index is 660. The Kier molecular flexibility index (Phi) is 9.06. The third kappa shape index (κ3) is 6.38. The molecule has 1 fully saturated rings. The molecule has 0 unspecified atom stereocenters. The average Bonchev–Trinajstić information content (AvgIpc) is 2.70. The number of carbonyl (C=O) groups is 2. The van der Waals surface area contributed by atoms with E-state index >= 15 is 0 Å². The molecule has 0 spiro atoms. The molecule has 0 atom stereocenters. The van der Waals surface area contributed by atoms with Crippen LogP contribution >= 0.6 is 12.4 Å². The van der Waals surface area contributed by atoms with Crippen molar-refractivity contribution in [3.63, 3.8) is 0 Å². The van der Waals surface area contributed by atoms with Crippen LogP contribution in [0.5, 0.6) is 5.75 Å². The smallest absolute Gasteiger partial charge is 0.224 e. The maximum absolute atomic E-state index is 12.4. The van der Waals surface area contributed by atoms with Crippen molar-refractivity contribution in [2.45, 2.75) is 45.4 Å². The largest absolute Gasteiger partial charge is 0.494 e. The summed E-state index contributed by atoms with van der Waals surface area (Å²) in [6, 6.07) is 5.76. The number of ether oxygens (including phenoxy) is 1. The highest BCUT2D eigenvalue weighted by atomic mass is 35.5. The Morgan fingerprint density at radius 1 is 1.29 bits per heavy atom. The van der Waals surface area contributed by atoms with Crippen molar-refractivity contribution in [2.75, 3.05) is 38.1 Å². The molecule has 7 heteroatoms. The third-order valence-electron chi connectivity index (χ3n) is 5.43. The van der Waals surface area contributed by atoms with E-state index in [0.717, 1.165) is 68.9 Å². The number of rotatable bonds is 8. The Balaban J connectivity index is 0.00000280. The van der Waals surface area contributed by atoms with E-state index in [9.17, 15) is 9.59 Å². The molecule has 6 nitrogen and oxygen atoms in total. The number of hydrogen-bond donors (Lipinski definition) is 2. The van der Waals surface area contributed by atoms with Crippen LogP contribution in [-0.2, 0) is 16.0 Å². The zero-order valence-corrected chi connectivity index (χ0v) is 17.5. The summed E-state index contributed by atoms with van der Waals surface area (Å²) >= 11 is 0. The molecular weight excluding hydrogens is 378 g/mol. The molecule has 0 radical (unpaired) electrons. The highest BCUT2D eigenvalue weighted by Crippen LogP contribution is 2.27. The number of amides is 2. The van der Waals surface area contributed by atoms with Gasteiger partial charge in [-0.2, -0.15) is 0 Å². The molecule has 2 aliphatic rings. The summed E-state index contributed by atoms with van der Waals surface area (Å²) in [5, 5.41) is 6.27. The molecule has 0 aromatic heterocycles. The molecule has 3 rings (SSSR count). The monoisotopic (exact) mass is 409 g/mol. The van der Waals surface area contributed by atoms with Gasteiger partial charge in [-0.3, -0.25) is 9.59 Å². The van der Waals surface area contributed by atoms with Crippen LogP contribution in [0.15, 0.2) is 18.2 Å². The van der Waals surface area contributed by atoms with Gasteiger partial charge in [-0.15, -0.1) is 12.4 Å². The van der Waals surface area contributed by atoms with E-state index in [2.05, 4.69) is 17.6 Å². The standard InChI is InChI=1S/C21H31N3O3.ClH/c1-2-22-15-16-9-11-24(12-10-16)21(26)4-3-13-27-18-6-7-19-17(14-18)5-8-20(25)23-19;/h6-7,14,16,22H,2-5,8-13,15H2,1H3,(H,23,25);1H. The molecule has 0 saturated carbocycles. The Morgan fingerprint density at radius 2 is 2.07 bits per heavy atom. The Labute approximate surface area is 173 Å². The predicted molar refractivity (Wildman–Crippen MR) is 113 cm³/mol. The minimum atomic E-state index is 0. The van der Waals surface area contributed by atoms with Crippen molar-refractivity contribution in [3.8, 4) is 5.75 Å². The molecule has 2 heterocycles. The number of benzene rings is 1. The highest BCUT2D eigenvalue weighted by Gasteiger charge is 2.22. The lowest BCUT2D eigenvalue weighted by molar-refractivity contribution is -0.132. The number of anilines is 1. The van der Waals surface area contributed by atoms with Crippen LogP contribution in [0.2, 0.25) is 0 Å². The number of hydrogen-bond acceptors (Lipinski definition) is 4. The van der Waals surface area contributed by atoms with Crippen molar-refractivity contribution in [3.05, 3.63) is 23.8 Å².